The molecule has 0 bridgehead atoms. The van der Waals surface area contributed by atoms with Crippen molar-refractivity contribution in [2.75, 3.05) is 0 Å². The highest BCUT2D eigenvalue weighted by Gasteiger charge is 2.74. The molecule has 76 valence electrons. The molecule has 7 heteroatoms. The van der Waals surface area contributed by atoms with E-state index in [1.807, 2.05) is 0 Å². The molecule has 1 heterocycles. The minimum absolute atomic E-state index is 0.988. The Labute approximate surface area is 76.9 Å². The lowest BCUT2D eigenvalue weighted by Crippen LogP contribution is -2.39. The number of carbonyl (C=O) groups is 3. The molecule has 2 aliphatic rings. The van der Waals surface area contributed by atoms with Gasteiger partial charge in [-0.05, 0) is 0 Å². The second kappa shape index (κ2) is 2.38. The minimum atomic E-state index is -2.36. The fourth-order valence-corrected chi connectivity index (χ4v) is 1.37. The first kappa shape index (κ1) is 9.25. The number of hydrogen-bond donors (Lipinski definition) is 3. The molecule has 0 aromatic heterocycles. The Kier molecular flexibility index (Phi) is 1.57. The molecule has 1 aliphatic heterocycles. The van der Waals surface area contributed by atoms with Gasteiger partial charge in [0.1, 0.15) is 0 Å². The molecule has 14 heavy (non-hydrogen) atoms. The molecule has 7 nitrogen and oxygen atoms in total. The molecule has 0 aromatic carbocycles. The molecule has 1 aliphatic carbocycles. The zero-order valence-electron chi connectivity index (χ0n) is 6.71. The van der Waals surface area contributed by atoms with Crippen LogP contribution in [-0.4, -0.2) is 56.8 Å². The van der Waals surface area contributed by atoms with E-state index in [-0.39, 0.29) is 0 Å². The van der Waals surface area contributed by atoms with Crippen LogP contribution in [0, 0.1) is 0 Å². The van der Waals surface area contributed by atoms with Gasteiger partial charge in [-0.25, -0.2) is 4.79 Å². The standard InChI is InChI=1S/C7H6O7/c8-1-2(9)6(12)14-5(1)7(13)3(10)4(7)11/h2-3,5,9-10,13H/t2?,3?,5-,7+/m0/s1. The highest BCUT2D eigenvalue weighted by molar-refractivity contribution is 6.19. The van der Waals surface area contributed by atoms with Crippen LogP contribution in [-0.2, 0) is 19.1 Å². The van der Waals surface area contributed by atoms with Gasteiger partial charge < -0.3 is 20.1 Å². The van der Waals surface area contributed by atoms with Crippen LogP contribution in [0.5, 0.6) is 0 Å². The molecule has 0 amide bonds. The SMILES string of the molecule is O=C1O[C@H]([C@]2(O)C(=O)C2O)C(=O)C1O. The maximum Gasteiger partial charge on any atom is 0.343 e. The number of carbonyl (C=O) groups excluding carboxylic acids is 3. The number of aliphatic hydroxyl groups is 3. The van der Waals surface area contributed by atoms with Gasteiger partial charge in [0.2, 0.25) is 29.4 Å². The Balaban J connectivity index is 2.27. The van der Waals surface area contributed by atoms with Crippen LogP contribution in [0.2, 0.25) is 0 Å². The fraction of sp³-hybridized carbons (Fsp3) is 0.571. The normalized spacial score (nSPS) is 46.8. The second-order valence-corrected chi connectivity index (χ2v) is 3.21. The molecule has 4 atom stereocenters. The van der Waals surface area contributed by atoms with Gasteiger partial charge >= 0.3 is 5.97 Å². The van der Waals surface area contributed by atoms with E-state index in [1.165, 1.54) is 0 Å². The highest BCUT2D eigenvalue weighted by Crippen LogP contribution is 2.39. The lowest BCUT2D eigenvalue weighted by molar-refractivity contribution is -0.153. The topological polar surface area (TPSA) is 121 Å². The summed E-state index contributed by atoms with van der Waals surface area (Å²) in [6.45, 7) is 0. The lowest BCUT2D eigenvalue weighted by atomic mass is 10.1. The van der Waals surface area contributed by atoms with E-state index in [4.69, 9.17) is 10.2 Å². The Morgan fingerprint density at radius 2 is 1.71 bits per heavy atom. The monoisotopic (exact) mass is 202 g/mol. The fourth-order valence-electron chi connectivity index (χ4n) is 1.37. The molecule has 2 unspecified atom stereocenters. The van der Waals surface area contributed by atoms with Gasteiger partial charge in [0.05, 0.1) is 0 Å². The van der Waals surface area contributed by atoms with Crippen LogP contribution in [0.1, 0.15) is 0 Å². The minimum Gasteiger partial charge on any atom is -0.448 e. The van der Waals surface area contributed by atoms with Crippen molar-refractivity contribution in [2.24, 2.45) is 0 Å². The quantitative estimate of drug-likeness (QED) is 0.298. The van der Waals surface area contributed by atoms with E-state index < -0.39 is 41.4 Å². The van der Waals surface area contributed by atoms with Gasteiger partial charge in [0, 0.05) is 0 Å². The predicted octanol–water partition coefficient (Wildman–Crippen LogP) is -3.48. The predicted molar refractivity (Wildman–Crippen MR) is 36.9 cm³/mol. The number of aliphatic hydroxyl groups excluding tert-OH is 2. The van der Waals surface area contributed by atoms with Crippen LogP contribution < -0.4 is 0 Å². The number of cyclic esters (lactones) is 1. The van der Waals surface area contributed by atoms with E-state index in [9.17, 15) is 19.5 Å². The third kappa shape index (κ3) is 0.834. The van der Waals surface area contributed by atoms with E-state index in [0.29, 0.717) is 0 Å². The van der Waals surface area contributed by atoms with E-state index in [0.717, 1.165) is 0 Å². The van der Waals surface area contributed by atoms with Crippen LogP contribution >= 0.6 is 0 Å². The Morgan fingerprint density at radius 1 is 1.21 bits per heavy atom. The molecule has 1 saturated heterocycles. The average molecular weight is 202 g/mol. The number of hydrogen-bond acceptors (Lipinski definition) is 7. The van der Waals surface area contributed by atoms with Crippen LogP contribution in [0.15, 0.2) is 0 Å². The van der Waals surface area contributed by atoms with Gasteiger partial charge in [0.15, 0.2) is 6.10 Å². The van der Waals surface area contributed by atoms with Crippen molar-refractivity contribution in [1.82, 2.24) is 0 Å². The Hall–Kier alpha value is -1.31. The molecular weight excluding hydrogens is 196 g/mol. The van der Waals surface area contributed by atoms with Crippen molar-refractivity contribution >= 4 is 17.5 Å². The Bertz CT molecular complexity index is 348. The molecule has 0 aromatic rings. The number of ether oxygens (including phenoxy) is 1. The van der Waals surface area contributed by atoms with Crippen molar-refractivity contribution in [3.63, 3.8) is 0 Å². The van der Waals surface area contributed by atoms with Crippen molar-refractivity contribution in [2.45, 2.75) is 23.9 Å². The zero-order valence-corrected chi connectivity index (χ0v) is 6.71. The van der Waals surface area contributed by atoms with Crippen LogP contribution in [0.3, 0.4) is 0 Å². The third-order valence-electron chi connectivity index (χ3n) is 2.36. The first-order chi connectivity index (χ1) is 6.40. The first-order valence-electron chi connectivity index (χ1n) is 3.77. The van der Waals surface area contributed by atoms with Gasteiger partial charge in [-0.1, -0.05) is 0 Å². The number of esters is 1. The summed E-state index contributed by atoms with van der Waals surface area (Å²) in [4.78, 5) is 32.5. The van der Waals surface area contributed by atoms with E-state index >= 15 is 0 Å². The molecule has 0 radical (unpaired) electrons. The summed E-state index contributed by atoms with van der Waals surface area (Å²) in [5, 5.41) is 27.1. The second-order valence-electron chi connectivity index (χ2n) is 3.21. The van der Waals surface area contributed by atoms with Gasteiger partial charge in [-0.15, -0.1) is 0 Å². The van der Waals surface area contributed by atoms with Gasteiger partial charge in [-0.3, -0.25) is 9.59 Å². The molecule has 3 N–H and O–H groups in total. The number of rotatable bonds is 1. The Morgan fingerprint density at radius 3 is 2.00 bits per heavy atom. The van der Waals surface area contributed by atoms with Crippen LogP contribution in [0.4, 0.5) is 0 Å². The van der Waals surface area contributed by atoms with Gasteiger partial charge in [0.25, 0.3) is 0 Å². The number of ketones is 2. The van der Waals surface area contributed by atoms with Gasteiger partial charge in [-0.2, -0.15) is 0 Å². The van der Waals surface area contributed by atoms with E-state index in [1.54, 1.807) is 0 Å². The zero-order chi connectivity index (χ0) is 10.7. The van der Waals surface area contributed by atoms with Crippen molar-refractivity contribution in [3.05, 3.63) is 0 Å². The summed E-state index contributed by atoms with van der Waals surface area (Å²) in [6.07, 6.45) is -5.49. The summed E-state index contributed by atoms with van der Waals surface area (Å²) in [5.74, 6) is -3.32. The van der Waals surface area contributed by atoms with Crippen molar-refractivity contribution < 1.29 is 34.4 Å². The maximum absolute atomic E-state index is 11.1. The molecule has 2 rings (SSSR count). The summed E-state index contributed by atoms with van der Waals surface area (Å²) >= 11 is 0. The third-order valence-corrected chi connectivity index (χ3v) is 2.36. The maximum atomic E-state index is 11.1. The van der Waals surface area contributed by atoms with Crippen LogP contribution in [0.25, 0.3) is 0 Å². The molecule has 0 spiro atoms. The molecular formula is C7H6O7. The molecule has 1 saturated carbocycles. The lowest BCUT2D eigenvalue weighted by Gasteiger charge is -2.11. The average Bonchev–Trinajstić information content (AvgIpc) is 2.50. The summed E-state index contributed by atoms with van der Waals surface area (Å²) < 4.78 is 4.28. The summed E-state index contributed by atoms with van der Waals surface area (Å²) in [7, 11) is 0. The first-order valence-corrected chi connectivity index (χ1v) is 3.77. The number of Topliss-reactive ketones (excluding diaryl/α,β-unsaturated/α-hetero) is 2. The largest absolute Gasteiger partial charge is 0.448 e. The summed E-state index contributed by atoms with van der Waals surface area (Å²) in [6, 6.07) is 0. The van der Waals surface area contributed by atoms with Crippen molar-refractivity contribution in [1.29, 1.82) is 0 Å². The van der Waals surface area contributed by atoms with E-state index in [2.05, 4.69) is 4.74 Å². The smallest absolute Gasteiger partial charge is 0.343 e. The summed E-state index contributed by atoms with van der Waals surface area (Å²) in [5.41, 5.74) is -2.36. The molecule has 2 fully saturated rings. The highest BCUT2D eigenvalue weighted by atomic mass is 16.6. The van der Waals surface area contributed by atoms with Crippen molar-refractivity contribution in [3.8, 4) is 0 Å².